The molecule has 0 unspecified atom stereocenters. The molecule has 0 aliphatic heterocycles. The summed E-state index contributed by atoms with van der Waals surface area (Å²) in [4.78, 5) is 0. The maximum Gasteiger partial charge on any atom is 0.0871 e. The van der Waals surface area contributed by atoms with Gasteiger partial charge in [-0.1, -0.05) is 17.7 Å². The lowest BCUT2D eigenvalue weighted by Gasteiger charge is -1.90. The molecule has 0 spiro atoms. The zero-order valence-corrected chi connectivity index (χ0v) is 6.28. The first-order valence-corrected chi connectivity index (χ1v) is 3.33. The van der Waals surface area contributed by atoms with E-state index in [-0.39, 0.29) is 0 Å². The van der Waals surface area contributed by atoms with Gasteiger partial charge in [-0.15, -0.1) is 0 Å². The van der Waals surface area contributed by atoms with Gasteiger partial charge in [-0.2, -0.15) is 0 Å². The summed E-state index contributed by atoms with van der Waals surface area (Å²) in [7, 11) is 0. The third-order valence-corrected chi connectivity index (χ3v) is 1.52. The molecule has 0 amide bonds. The van der Waals surface area contributed by atoms with Gasteiger partial charge in [0.15, 0.2) is 0 Å². The van der Waals surface area contributed by atoms with Gasteiger partial charge in [0.05, 0.1) is 12.5 Å². The fourth-order valence-corrected chi connectivity index (χ4v) is 0.924. The highest BCUT2D eigenvalue weighted by atomic mass is 16.2. The summed E-state index contributed by atoms with van der Waals surface area (Å²) in [6, 6.07) is 5.41. The average Bonchev–Trinajstić information content (AvgIpc) is 2.04. The van der Waals surface area contributed by atoms with Gasteiger partial charge in [0.2, 0.25) is 0 Å². The van der Waals surface area contributed by atoms with E-state index in [1.54, 1.807) is 12.1 Å². The molecule has 0 saturated carbocycles. The number of hydrogen-bond donors (Lipinski definition) is 2. The monoisotopic (exact) mass is 150 g/mol. The predicted octanol–water partition coefficient (Wildman–Crippen LogP) is 0.587. The number of aliphatic hydroxyl groups excluding tert-OH is 2. The second-order valence-electron chi connectivity index (χ2n) is 2.39. The van der Waals surface area contributed by atoms with E-state index in [4.69, 9.17) is 10.2 Å². The van der Waals surface area contributed by atoms with Crippen LogP contribution in [0.4, 0.5) is 0 Å². The lowest BCUT2D eigenvalue weighted by Crippen LogP contribution is -2.24. The molecule has 0 fully saturated rings. The molecule has 0 heterocycles. The van der Waals surface area contributed by atoms with Gasteiger partial charge in [-0.25, -0.2) is 0 Å². The van der Waals surface area contributed by atoms with Gasteiger partial charge in [0.25, 0.3) is 0 Å². The summed E-state index contributed by atoms with van der Waals surface area (Å²) >= 11 is 0. The summed E-state index contributed by atoms with van der Waals surface area (Å²) in [6.07, 6.45) is 1.95. The van der Waals surface area contributed by atoms with Crippen molar-refractivity contribution in [3.63, 3.8) is 0 Å². The van der Waals surface area contributed by atoms with Crippen LogP contribution < -0.4 is 10.4 Å². The Balaban J connectivity index is 3.55. The third kappa shape index (κ3) is 1.52. The SMILES string of the molecule is Cc1ccc(=CO)c(=CO)c1. The van der Waals surface area contributed by atoms with Crippen LogP contribution in [0, 0.1) is 6.92 Å². The first-order valence-electron chi connectivity index (χ1n) is 3.33. The molecule has 0 atom stereocenters. The number of benzene rings is 1. The van der Waals surface area contributed by atoms with Crippen molar-refractivity contribution in [3.05, 3.63) is 34.2 Å². The molecule has 0 aliphatic rings. The van der Waals surface area contributed by atoms with Crippen molar-refractivity contribution < 1.29 is 10.2 Å². The smallest absolute Gasteiger partial charge is 0.0871 e. The quantitative estimate of drug-likeness (QED) is 0.568. The summed E-state index contributed by atoms with van der Waals surface area (Å²) in [6.45, 7) is 1.92. The molecule has 0 saturated heterocycles. The fraction of sp³-hybridized carbons (Fsp3) is 0.111. The lowest BCUT2D eigenvalue weighted by atomic mass is 10.2. The van der Waals surface area contributed by atoms with Gasteiger partial charge in [0, 0.05) is 10.4 Å². The number of aryl methyl sites for hydroxylation is 1. The van der Waals surface area contributed by atoms with Crippen molar-refractivity contribution in [2.75, 3.05) is 0 Å². The predicted molar refractivity (Wildman–Crippen MR) is 44.6 cm³/mol. The Kier molecular flexibility index (Phi) is 2.16. The van der Waals surface area contributed by atoms with Crippen LogP contribution >= 0.6 is 0 Å². The minimum absolute atomic E-state index is 0.623. The largest absolute Gasteiger partial charge is 0.515 e. The summed E-state index contributed by atoms with van der Waals surface area (Å²) in [5.74, 6) is 0. The third-order valence-electron chi connectivity index (χ3n) is 1.52. The van der Waals surface area contributed by atoms with E-state index in [1.807, 2.05) is 13.0 Å². The van der Waals surface area contributed by atoms with Gasteiger partial charge in [-0.05, 0) is 13.0 Å². The van der Waals surface area contributed by atoms with Gasteiger partial charge in [0.1, 0.15) is 0 Å². The van der Waals surface area contributed by atoms with Gasteiger partial charge >= 0.3 is 0 Å². The highest BCUT2D eigenvalue weighted by Gasteiger charge is 1.85. The van der Waals surface area contributed by atoms with Gasteiger partial charge < -0.3 is 10.2 Å². The second kappa shape index (κ2) is 3.10. The molecule has 1 aromatic carbocycles. The van der Waals surface area contributed by atoms with Crippen LogP contribution in [-0.4, -0.2) is 10.2 Å². The molecule has 1 rings (SSSR count). The molecule has 58 valence electrons. The van der Waals surface area contributed by atoms with Crippen LogP contribution in [-0.2, 0) is 0 Å². The normalized spacial score (nSPS) is 13.9. The van der Waals surface area contributed by atoms with Crippen molar-refractivity contribution in [2.24, 2.45) is 0 Å². The second-order valence-corrected chi connectivity index (χ2v) is 2.39. The molecule has 2 nitrogen and oxygen atoms in total. The fourth-order valence-electron chi connectivity index (χ4n) is 0.924. The van der Waals surface area contributed by atoms with E-state index >= 15 is 0 Å². The van der Waals surface area contributed by atoms with E-state index in [9.17, 15) is 0 Å². The van der Waals surface area contributed by atoms with E-state index in [0.29, 0.717) is 10.4 Å². The molecule has 2 N–H and O–H groups in total. The van der Waals surface area contributed by atoms with Crippen molar-refractivity contribution in [3.8, 4) is 0 Å². The first-order chi connectivity index (χ1) is 5.27. The molecule has 2 heteroatoms. The zero-order valence-electron chi connectivity index (χ0n) is 6.28. The van der Waals surface area contributed by atoms with E-state index in [0.717, 1.165) is 18.1 Å². The van der Waals surface area contributed by atoms with E-state index in [2.05, 4.69) is 0 Å². The Bertz CT molecular complexity index is 352. The molecule has 0 aliphatic carbocycles. The first kappa shape index (κ1) is 7.66. The Morgan fingerprint density at radius 3 is 2.27 bits per heavy atom. The minimum Gasteiger partial charge on any atom is -0.515 e. The van der Waals surface area contributed by atoms with Crippen LogP contribution in [0.5, 0.6) is 0 Å². The molecule has 11 heavy (non-hydrogen) atoms. The zero-order chi connectivity index (χ0) is 8.27. The van der Waals surface area contributed by atoms with Crippen LogP contribution in [0.1, 0.15) is 5.56 Å². The minimum atomic E-state index is 0.623. The lowest BCUT2D eigenvalue weighted by molar-refractivity contribution is 0.533. The Labute approximate surface area is 64.7 Å². The van der Waals surface area contributed by atoms with Gasteiger partial charge in [-0.3, -0.25) is 0 Å². The van der Waals surface area contributed by atoms with Crippen molar-refractivity contribution in [2.45, 2.75) is 6.92 Å². The standard InChI is InChI=1S/C9H10O2/c1-7-2-3-8(5-10)9(4-7)6-11/h2-6,10-11H,1H3. The van der Waals surface area contributed by atoms with E-state index < -0.39 is 0 Å². The molecule has 0 radical (unpaired) electrons. The molecule has 0 aromatic heterocycles. The van der Waals surface area contributed by atoms with Crippen LogP contribution in [0.25, 0.3) is 12.5 Å². The maximum absolute atomic E-state index is 8.72. The van der Waals surface area contributed by atoms with Crippen LogP contribution in [0.15, 0.2) is 18.2 Å². The summed E-state index contributed by atoms with van der Waals surface area (Å²) in [5.41, 5.74) is 1.05. The van der Waals surface area contributed by atoms with Crippen LogP contribution in [0.2, 0.25) is 0 Å². The van der Waals surface area contributed by atoms with Crippen molar-refractivity contribution in [1.82, 2.24) is 0 Å². The number of aliphatic hydroxyl groups is 2. The molecular weight excluding hydrogens is 140 g/mol. The number of rotatable bonds is 0. The average molecular weight is 150 g/mol. The summed E-state index contributed by atoms with van der Waals surface area (Å²) in [5, 5.41) is 18.7. The molecule has 1 aromatic rings. The van der Waals surface area contributed by atoms with Crippen molar-refractivity contribution in [1.29, 1.82) is 0 Å². The Hall–Kier alpha value is -1.44. The Morgan fingerprint density at radius 1 is 1.09 bits per heavy atom. The van der Waals surface area contributed by atoms with Crippen molar-refractivity contribution >= 4 is 12.5 Å². The molecule has 0 bridgehead atoms. The highest BCUT2D eigenvalue weighted by molar-refractivity contribution is 5.26. The maximum atomic E-state index is 8.72. The Morgan fingerprint density at radius 2 is 1.73 bits per heavy atom. The topological polar surface area (TPSA) is 40.5 Å². The summed E-state index contributed by atoms with van der Waals surface area (Å²) < 4.78 is 0. The van der Waals surface area contributed by atoms with Crippen LogP contribution in [0.3, 0.4) is 0 Å². The highest BCUT2D eigenvalue weighted by Crippen LogP contribution is 1.85. The molecular formula is C9H10O2. The van der Waals surface area contributed by atoms with E-state index in [1.165, 1.54) is 0 Å². The number of hydrogen-bond acceptors (Lipinski definition) is 2.